The molecule has 4 heteroatoms. The van der Waals surface area contributed by atoms with Crippen molar-refractivity contribution >= 4 is 11.6 Å². The second-order valence-corrected chi connectivity index (χ2v) is 4.67. The maximum absolute atomic E-state index is 6.18. The Morgan fingerprint density at radius 3 is 2.56 bits per heavy atom. The second kappa shape index (κ2) is 5.94. The van der Waals surface area contributed by atoms with Crippen LogP contribution in [0.1, 0.15) is 37.2 Å². The summed E-state index contributed by atoms with van der Waals surface area (Å²) in [5, 5.41) is 4.25. The van der Waals surface area contributed by atoms with Crippen LogP contribution in [0.5, 0.6) is 0 Å². The Kier molecular flexibility index (Phi) is 4.28. The molecule has 0 radical (unpaired) electrons. The highest BCUT2D eigenvalue weighted by Crippen LogP contribution is 2.24. The minimum atomic E-state index is 0.130. The minimum Gasteiger partial charge on any atom is -0.302 e. The van der Waals surface area contributed by atoms with Crippen LogP contribution in [-0.4, -0.2) is 9.97 Å². The van der Waals surface area contributed by atoms with Crippen molar-refractivity contribution < 1.29 is 0 Å². The van der Waals surface area contributed by atoms with Gasteiger partial charge in [-0.15, -0.1) is 0 Å². The average molecular weight is 262 g/mol. The molecule has 3 nitrogen and oxygen atoms in total. The lowest BCUT2D eigenvalue weighted by Gasteiger charge is -2.20. The van der Waals surface area contributed by atoms with E-state index < -0.39 is 0 Å². The van der Waals surface area contributed by atoms with Crippen molar-refractivity contribution in [3.05, 3.63) is 59.1 Å². The van der Waals surface area contributed by atoms with E-state index in [2.05, 4.69) is 29.1 Å². The largest absolute Gasteiger partial charge is 0.302 e. The molecular formula is C14H16ClN3. The van der Waals surface area contributed by atoms with Crippen LogP contribution in [0.25, 0.3) is 0 Å². The van der Waals surface area contributed by atoms with Gasteiger partial charge in [0.2, 0.25) is 0 Å². The summed E-state index contributed by atoms with van der Waals surface area (Å²) in [6.07, 6.45) is 5.15. The van der Waals surface area contributed by atoms with Gasteiger partial charge in [0.1, 0.15) is 0 Å². The van der Waals surface area contributed by atoms with Crippen molar-refractivity contribution in [3.63, 3.8) is 0 Å². The van der Waals surface area contributed by atoms with E-state index in [1.807, 2.05) is 24.3 Å². The first-order valence-electron chi connectivity index (χ1n) is 5.95. The van der Waals surface area contributed by atoms with E-state index in [1.54, 1.807) is 18.6 Å². The second-order valence-electron chi connectivity index (χ2n) is 4.26. The summed E-state index contributed by atoms with van der Waals surface area (Å²) in [6, 6.07) is 8.16. The number of hydrogen-bond donors (Lipinski definition) is 1. The number of benzene rings is 1. The van der Waals surface area contributed by atoms with Gasteiger partial charge in [0.05, 0.1) is 5.69 Å². The van der Waals surface area contributed by atoms with Crippen LogP contribution in [0.2, 0.25) is 5.02 Å². The molecule has 1 N–H and O–H groups in total. The SMILES string of the molecule is CC(NC(C)c1ccccc1Cl)c1cnccn1. The van der Waals surface area contributed by atoms with Crippen molar-refractivity contribution in [1.29, 1.82) is 0 Å². The molecule has 1 aromatic carbocycles. The molecule has 0 aliphatic rings. The number of aromatic nitrogens is 2. The monoisotopic (exact) mass is 261 g/mol. The van der Waals surface area contributed by atoms with E-state index in [9.17, 15) is 0 Å². The fourth-order valence-electron chi connectivity index (χ4n) is 1.91. The maximum atomic E-state index is 6.18. The molecular weight excluding hydrogens is 246 g/mol. The smallest absolute Gasteiger partial charge is 0.0753 e. The summed E-state index contributed by atoms with van der Waals surface area (Å²) in [5.74, 6) is 0. The van der Waals surface area contributed by atoms with Crippen LogP contribution in [0.4, 0.5) is 0 Å². The molecule has 0 amide bonds. The van der Waals surface area contributed by atoms with Gasteiger partial charge in [0.15, 0.2) is 0 Å². The maximum Gasteiger partial charge on any atom is 0.0753 e. The highest BCUT2D eigenvalue weighted by Gasteiger charge is 2.13. The highest BCUT2D eigenvalue weighted by atomic mass is 35.5. The number of hydrogen-bond acceptors (Lipinski definition) is 3. The number of nitrogens with zero attached hydrogens (tertiary/aromatic N) is 2. The quantitative estimate of drug-likeness (QED) is 0.915. The van der Waals surface area contributed by atoms with Gasteiger partial charge >= 0.3 is 0 Å². The summed E-state index contributed by atoms with van der Waals surface area (Å²) in [6.45, 7) is 4.16. The van der Waals surface area contributed by atoms with E-state index in [1.165, 1.54) is 0 Å². The first kappa shape index (κ1) is 13.0. The Labute approximate surface area is 112 Å². The Balaban J connectivity index is 2.08. The molecule has 0 aliphatic heterocycles. The highest BCUT2D eigenvalue weighted by molar-refractivity contribution is 6.31. The summed E-state index contributed by atoms with van der Waals surface area (Å²) in [4.78, 5) is 8.36. The Bertz CT molecular complexity index is 501. The molecule has 0 saturated carbocycles. The molecule has 0 bridgehead atoms. The Morgan fingerprint density at radius 1 is 1.11 bits per heavy atom. The number of nitrogens with one attached hydrogen (secondary N) is 1. The van der Waals surface area contributed by atoms with Crippen LogP contribution in [-0.2, 0) is 0 Å². The molecule has 0 saturated heterocycles. The van der Waals surface area contributed by atoms with E-state index >= 15 is 0 Å². The van der Waals surface area contributed by atoms with E-state index in [4.69, 9.17) is 11.6 Å². The Hall–Kier alpha value is -1.45. The van der Waals surface area contributed by atoms with Gasteiger partial charge < -0.3 is 5.32 Å². The lowest BCUT2D eigenvalue weighted by atomic mass is 10.1. The molecule has 2 atom stereocenters. The lowest BCUT2D eigenvalue weighted by molar-refractivity contribution is 0.485. The van der Waals surface area contributed by atoms with Crippen LogP contribution >= 0.6 is 11.6 Å². The van der Waals surface area contributed by atoms with Crippen molar-refractivity contribution in [1.82, 2.24) is 15.3 Å². The Morgan fingerprint density at radius 2 is 1.89 bits per heavy atom. The molecule has 2 aromatic rings. The molecule has 0 aliphatic carbocycles. The van der Waals surface area contributed by atoms with Crippen LogP contribution in [0.15, 0.2) is 42.9 Å². The zero-order valence-corrected chi connectivity index (χ0v) is 11.2. The first-order valence-corrected chi connectivity index (χ1v) is 6.32. The van der Waals surface area contributed by atoms with E-state index in [0.29, 0.717) is 0 Å². The van der Waals surface area contributed by atoms with Gasteiger partial charge in [-0.05, 0) is 25.5 Å². The molecule has 0 spiro atoms. The number of halogens is 1. The van der Waals surface area contributed by atoms with E-state index in [-0.39, 0.29) is 12.1 Å². The van der Waals surface area contributed by atoms with Crippen molar-refractivity contribution in [2.45, 2.75) is 25.9 Å². The fourth-order valence-corrected chi connectivity index (χ4v) is 2.21. The standard InChI is InChI=1S/C14H16ClN3/c1-10(12-5-3-4-6-13(12)15)18-11(2)14-9-16-7-8-17-14/h3-11,18H,1-2H3. The summed E-state index contributed by atoms with van der Waals surface area (Å²) in [5.41, 5.74) is 2.02. The van der Waals surface area contributed by atoms with Gasteiger partial charge in [-0.1, -0.05) is 29.8 Å². The molecule has 2 rings (SSSR count). The predicted molar refractivity (Wildman–Crippen MR) is 73.4 cm³/mol. The molecule has 2 unspecified atom stereocenters. The van der Waals surface area contributed by atoms with Crippen LogP contribution in [0.3, 0.4) is 0 Å². The van der Waals surface area contributed by atoms with Crippen molar-refractivity contribution in [2.24, 2.45) is 0 Å². The third kappa shape index (κ3) is 3.06. The predicted octanol–water partition coefficient (Wildman–Crippen LogP) is 3.54. The van der Waals surface area contributed by atoms with Crippen molar-refractivity contribution in [2.75, 3.05) is 0 Å². The summed E-state index contributed by atoms with van der Waals surface area (Å²) in [7, 11) is 0. The molecule has 0 fully saturated rings. The zero-order valence-electron chi connectivity index (χ0n) is 10.5. The van der Waals surface area contributed by atoms with E-state index in [0.717, 1.165) is 16.3 Å². The third-order valence-electron chi connectivity index (χ3n) is 2.90. The first-order chi connectivity index (χ1) is 8.68. The van der Waals surface area contributed by atoms with Gasteiger partial charge in [0, 0.05) is 35.7 Å². The van der Waals surface area contributed by atoms with Gasteiger partial charge in [-0.3, -0.25) is 9.97 Å². The van der Waals surface area contributed by atoms with Crippen LogP contribution < -0.4 is 5.32 Å². The number of rotatable bonds is 4. The van der Waals surface area contributed by atoms with Gasteiger partial charge in [-0.2, -0.15) is 0 Å². The average Bonchev–Trinajstić information content (AvgIpc) is 2.40. The molecule has 94 valence electrons. The summed E-state index contributed by atoms with van der Waals surface area (Å²) >= 11 is 6.18. The molecule has 1 aromatic heterocycles. The topological polar surface area (TPSA) is 37.8 Å². The lowest BCUT2D eigenvalue weighted by Crippen LogP contribution is -2.23. The third-order valence-corrected chi connectivity index (χ3v) is 3.24. The summed E-state index contributed by atoms with van der Waals surface area (Å²) < 4.78 is 0. The zero-order chi connectivity index (χ0) is 13.0. The van der Waals surface area contributed by atoms with Crippen molar-refractivity contribution in [3.8, 4) is 0 Å². The minimum absolute atomic E-state index is 0.130. The normalized spacial score (nSPS) is 14.2. The molecule has 1 heterocycles. The van der Waals surface area contributed by atoms with Crippen LogP contribution in [0, 0.1) is 0 Å². The fraction of sp³-hybridized carbons (Fsp3) is 0.286. The van der Waals surface area contributed by atoms with Gasteiger partial charge in [-0.25, -0.2) is 0 Å². The van der Waals surface area contributed by atoms with Gasteiger partial charge in [0.25, 0.3) is 0 Å². The molecule has 18 heavy (non-hydrogen) atoms.